The second kappa shape index (κ2) is 10.4. The molecule has 0 amide bonds. The summed E-state index contributed by atoms with van der Waals surface area (Å²) in [6, 6.07) is 6.10. The number of anilines is 1. The number of nitrogens with zero attached hydrogens (tertiary/aromatic N) is 5. The second-order valence-corrected chi connectivity index (χ2v) is 11.2. The molecule has 1 atom stereocenters. The molecule has 3 N–H and O–H groups in total. The number of hydrogen-bond acceptors (Lipinski definition) is 7. The first-order valence-electron chi connectivity index (χ1n) is 12.4. The first kappa shape index (κ1) is 26.1. The Bertz CT molecular complexity index is 1570. The summed E-state index contributed by atoms with van der Waals surface area (Å²) in [4.78, 5) is 15.2. The number of benzene rings is 1. The number of hydrogen-bond donors (Lipinski definition) is 2. The van der Waals surface area contributed by atoms with E-state index in [9.17, 15) is 8.42 Å². The van der Waals surface area contributed by atoms with Gasteiger partial charge in [-0.3, -0.25) is 0 Å². The van der Waals surface area contributed by atoms with E-state index >= 15 is 8.78 Å². The van der Waals surface area contributed by atoms with Gasteiger partial charge in [0.1, 0.15) is 28.9 Å². The van der Waals surface area contributed by atoms with Crippen LogP contribution in [-0.4, -0.2) is 54.1 Å². The lowest BCUT2D eigenvalue weighted by Crippen LogP contribution is -2.41. The first-order chi connectivity index (χ1) is 18.2. The fourth-order valence-electron chi connectivity index (χ4n) is 5.16. The van der Waals surface area contributed by atoms with Crippen molar-refractivity contribution in [1.29, 1.82) is 0 Å². The molecule has 200 valence electrons. The fraction of sp³-hybridized carbons (Fsp3) is 0.346. The van der Waals surface area contributed by atoms with Crippen molar-refractivity contribution in [3.63, 3.8) is 0 Å². The zero-order chi connectivity index (χ0) is 27.0. The quantitative estimate of drug-likeness (QED) is 0.366. The summed E-state index contributed by atoms with van der Waals surface area (Å²) in [5.74, 6) is -1.11. The van der Waals surface area contributed by atoms with E-state index in [0.29, 0.717) is 28.2 Å². The topological polar surface area (TPSA) is 119 Å². The maximum atomic E-state index is 15.9. The summed E-state index contributed by atoms with van der Waals surface area (Å²) < 4.78 is 56.9. The summed E-state index contributed by atoms with van der Waals surface area (Å²) >= 11 is 0. The molecule has 0 saturated carbocycles. The Morgan fingerprint density at radius 1 is 1.16 bits per heavy atom. The number of fused-ring (bicyclic) bond motifs is 1. The van der Waals surface area contributed by atoms with Gasteiger partial charge in [-0.05, 0) is 50.6 Å². The third kappa shape index (κ3) is 4.74. The van der Waals surface area contributed by atoms with Gasteiger partial charge in [0.15, 0.2) is 5.82 Å². The normalized spacial score (nSPS) is 15.6. The van der Waals surface area contributed by atoms with Crippen molar-refractivity contribution in [2.45, 2.75) is 37.5 Å². The largest absolute Gasteiger partial charge is 0.357 e. The number of sulfonamides is 1. The minimum absolute atomic E-state index is 0.0355. The molecule has 1 fully saturated rings. The maximum Gasteiger partial charge on any atom is 0.216 e. The van der Waals surface area contributed by atoms with Crippen molar-refractivity contribution < 1.29 is 17.2 Å². The van der Waals surface area contributed by atoms with Crippen molar-refractivity contribution >= 4 is 26.9 Å². The Morgan fingerprint density at radius 2 is 1.87 bits per heavy atom. The van der Waals surface area contributed by atoms with E-state index in [1.165, 1.54) is 10.9 Å². The monoisotopic (exact) mass is 541 g/mol. The lowest BCUT2D eigenvalue weighted by Gasteiger charge is -2.32. The standard InChI is InChI=1S/C26H29F2N7O2S/c1-3-22(38(29,36)37)18-4-5-20(27)26(24(18)28)35-14-19(16-12-31-15-32-13-16)25-21(35)6-7-23(33-25)34(2)17-8-10-30-11-9-17/h4-7,12-15,17,22,30H,3,8-11H2,1-2H3,(H2,29,36,37). The van der Waals surface area contributed by atoms with Crippen molar-refractivity contribution in [1.82, 2.24) is 24.8 Å². The lowest BCUT2D eigenvalue weighted by atomic mass is 10.1. The number of primary sulfonamides is 1. The number of pyridine rings is 1. The lowest BCUT2D eigenvalue weighted by molar-refractivity contribution is 0.442. The fourth-order valence-corrected chi connectivity index (χ4v) is 6.16. The molecule has 1 unspecified atom stereocenters. The summed E-state index contributed by atoms with van der Waals surface area (Å²) in [5, 5.41) is 7.41. The number of rotatable bonds is 7. The molecule has 1 aromatic carbocycles. The molecule has 0 bridgehead atoms. The third-order valence-electron chi connectivity index (χ3n) is 7.17. The van der Waals surface area contributed by atoms with Gasteiger partial charge in [-0.15, -0.1) is 0 Å². The summed E-state index contributed by atoms with van der Waals surface area (Å²) in [7, 11) is -2.13. The zero-order valence-electron chi connectivity index (χ0n) is 21.1. The van der Waals surface area contributed by atoms with Crippen LogP contribution in [0.15, 0.2) is 49.2 Å². The number of halogens is 2. The number of aromatic nitrogens is 4. The SMILES string of the molecule is CCC(c1ccc(F)c(-n2cc(-c3cncnc3)c3nc(N(C)C4CCNCC4)ccc32)c1F)S(N)(=O)=O. The van der Waals surface area contributed by atoms with Crippen molar-refractivity contribution in [3.05, 3.63) is 66.4 Å². The van der Waals surface area contributed by atoms with Gasteiger partial charge in [0, 0.05) is 48.4 Å². The first-order valence-corrected chi connectivity index (χ1v) is 14.0. The summed E-state index contributed by atoms with van der Waals surface area (Å²) in [6.45, 7) is 3.43. The van der Waals surface area contributed by atoms with Crippen molar-refractivity contribution in [2.24, 2.45) is 5.14 Å². The van der Waals surface area contributed by atoms with Crippen LogP contribution in [0.2, 0.25) is 0 Å². The van der Waals surface area contributed by atoms with E-state index in [1.807, 2.05) is 13.1 Å². The number of nitrogens with one attached hydrogen (secondary N) is 1. The van der Waals surface area contributed by atoms with Crippen molar-refractivity contribution in [3.8, 4) is 16.8 Å². The van der Waals surface area contributed by atoms with Crippen LogP contribution in [0, 0.1) is 11.6 Å². The van der Waals surface area contributed by atoms with E-state index < -0.39 is 32.6 Å². The molecule has 4 aromatic rings. The van der Waals surface area contributed by atoms with Gasteiger partial charge in [0.25, 0.3) is 0 Å². The Kier molecular flexibility index (Phi) is 7.12. The highest BCUT2D eigenvalue weighted by molar-refractivity contribution is 7.89. The molecule has 0 spiro atoms. The van der Waals surface area contributed by atoms with E-state index in [2.05, 4.69) is 20.2 Å². The molecule has 0 aliphatic carbocycles. The molecule has 0 radical (unpaired) electrons. The van der Waals surface area contributed by atoms with Crippen LogP contribution in [0.5, 0.6) is 0 Å². The van der Waals surface area contributed by atoms with Gasteiger partial charge in [-0.1, -0.05) is 13.0 Å². The molecule has 9 nitrogen and oxygen atoms in total. The van der Waals surface area contributed by atoms with Crippen LogP contribution in [0.3, 0.4) is 0 Å². The predicted molar refractivity (Wildman–Crippen MR) is 142 cm³/mol. The van der Waals surface area contributed by atoms with E-state index in [1.54, 1.807) is 31.6 Å². The molecule has 4 heterocycles. The second-order valence-electron chi connectivity index (χ2n) is 9.45. The predicted octanol–water partition coefficient (Wildman–Crippen LogP) is 3.69. The summed E-state index contributed by atoms with van der Waals surface area (Å²) in [6.07, 6.45) is 8.17. The molecule has 1 aliphatic rings. The van der Waals surface area contributed by atoms with E-state index in [0.717, 1.165) is 43.9 Å². The van der Waals surface area contributed by atoms with Crippen LogP contribution in [0.25, 0.3) is 27.8 Å². The van der Waals surface area contributed by atoms with Gasteiger partial charge in [-0.2, -0.15) is 0 Å². The highest BCUT2D eigenvalue weighted by Crippen LogP contribution is 2.37. The van der Waals surface area contributed by atoms with Crippen LogP contribution >= 0.6 is 0 Å². The summed E-state index contributed by atoms with van der Waals surface area (Å²) in [5.41, 5.74) is 1.58. The molecule has 1 aliphatic heterocycles. The molecule has 5 rings (SSSR count). The minimum atomic E-state index is -4.12. The highest BCUT2D eigenvalue weighted by Gasteiger charge is 2.29. The zero-order valence-corrected chi connectivity index (χ0v) is 21.9. The van der Waals surface area contributed by atoms with Gasteiger partial charge < -0.3 is 14.8 Å². The Morgan fingerprint density at radius 3 is 2.53 bits per heavy atom. The third-order valence-corrected chi connectivity index (χ3v) is 8.55. The molecule has 12 heteroatoms. The molecule has 1 saturated heterocycles. The van der Waals surface area contributed by atoms with E-state index in [-0.39, 0.29) is 12.0 Å². The Balaban J connectivity index is 1.72. The maximum absolute atomic E-state index is 15.9. The van der Waals surface area contributed by atoms with Crippen molar-refractivity contribution in [2.75, 3.05) is 25.0 Å². The molecular formula is C26H29F2N7O2S. The molecule has 38 heavy (non-hydrogen) atoms. The van der Waals surface area contributed by atoms with Crippen LogP contribution in [0.4, 0.5) is 14.6 Å². The number of piperidine rings is 1. The van der Waals surface area contributed by atoms with Crippen LogP contribution in [-0.2, 0) is 10.0 Å². The minimum Gasteiger partial charge on any atom is -0.357 e. The molecule has 3 aromatic heterocycles. The van der Waals surface area contributed by atoms with Crippen LogP contribution in [0.1, 0.15) is 37.0 Å². The number of nitrogens with two attached hydrogens (primary N) is 1. The van der Waals surface area contributed by atoms with Gasteiger partial charge in [0.05, 0.1) is 11.0 Å². The smallest absolute Gasteiger partial charge is 0.216 e. The Labute approximate surface area is 219 Å². The molecular weight excluding hydrogens is 512 g/mol. The average Bonchev–Trinajstić information content (AvgIpc) is 3.29. The Hall–Kier alpha value is -3.48. The highest BCUT2D eigenvalue weighted by atomic mass is 32.2. The van der Waals surface area contributed by atoms with Gasteiger partial charge in [-0.25, -0.2) is 37.3 Å². The van der Waals surface area contributed by atoms with Gasteiger partial charge in [0.2, 0.25) is 10.0 Å². The van der Waals surface area contributed by atoms with Gasteiger partial charge >= 0.3 is 0 Å². The van der Waals surface area contributed by atoms with E-state index in [4.69, 9.17) is 10.1 Å². The average molecular weight is 542 g/mol. The van der Waals surface area contributed by atoms with Crippen LogP contribution < -0.4 is 15.4 Å².